The molecule has 0 bridgehead atoms. The second-order valence-electron chi connectivity index (χ2n) is 4.10. The third-order valence-electron chi connectivity index (χ3n) is 3.00. The van der Waals surface area contributed by atoms with Crippen molar-refractivity contribution in [2.45, 2.75) is 19.6 Å². The molecule has 0 spiro atoms. The summed E-state index contributed by atoms with van der Waals surface area (Å²) in [5, 5.41) is 11.9. The van der Waals surface area contributed by atoms with Crippen LogP contribution in [0.4, 0.5) is 5.69 Å². The number of halogens is 1. The number of piperazine rings is 1. The van der Waals surface area contributed by atoms with Gasteiger partial charge < -0.3 is 15.3 Å². The molecule has 1 aliphatic rings. The standard InChI is InChI=1S/C12H15BrN2O2/c1-8-12(17)14-4-5-15(8)11-3-2-9(7-16)6-10(11)13/h2-3,6,8,16H,4-5,7H2,1H3,(H,14,17). The molecule has 0 radical (unpaired) electrons. The van der Waals surface area contributed by atoms with E-state index in [-0.39, 0.29) is 18.6 Å². The number of carbonyl (C=O) groups is 1. The van der Waals surface area contributed by atoms with Gasteiger partial charge in [-0.3, -0.25) is 4.79 Å². The molecular formula is C12H15BrN2O2. The van der Waals surface area contributed by atoms with E-state index in [0.717, 1.165) is 22.3 Å². The monoisotopic (exact) mass is 298 g/mol. The molecule has 1 fully saturated rings. The lowest BCUT2D eigenvalue weighted by atomic mass is 10.1. The van der Waals surface area contributed by atoms with Gasteiger partial charge >= 0.3 is 0 Å². The van der Waals surface area contributed by atoms with Crippen molar-refractivity contribution in [1.29, 1.82) is 0 Å². The van der Waals surface area contributed by atoms with Gasteiger partial charge in [0.25, 0.3) is 0 Å². The summed E-state index contributed by atoms with van der Waals surface area (Å²) in [7, 11) is 0. The maximum absolute atomic E-state index is 11.6. The maximum Gasteiger partial charge on any atom is 0.242 e. The Morgan fingerprint density at radius 2 is 2.35 bits per heavy atom. The van der Waals surface area contributed by atoms with Crippen LogP contribution in [0, 0.1) is 0 Å². The number of rotatable bonds is 2. The molecule has 4 nitrogen and oxygen atoms in total. The van der Waals surface area contributed by atoms with E-state index in [2.05, 4.69) is 26.1 Å². The van der Waals surface area contributed by atoms with Gasteiger partial charge in [-0.25, -0.2) is 0 Å². The van der Waals surface area contributed by atoms with Crippen molar-refractivity contribution < 1.29 is 9.90 Å². The second-order valence-corrected chi connectivity index (χ2v) is 4.96. The molecule has 5 heteroatoms. The van der Waals surface area contributed by atoms with Crippen LogP contribution in [-0.4, -0.2) is 30.1 Å². The summed E-state index contributed by atoms with van der Waals surface area (Å²) in [5.74, 6) is 0.0504. The third-order valence-corrected chi connectivity index (χ3v) is 3.64. The van der Waals surface area contributed by atoms with E-state index in [0.29, 0.717) is 6.54 Å². The molecule has 17 heavy (non-hydrogen) atoms. The number of anilines is 1. The Labute approximate surface area is 109 Å². The van der Waals surface area contributed by atoms with Crippen LogP contribution in [0.5, 0.6) is 0 Å². The summed E-state index contributed by atoms with van der Waals surface area (Å²) in [6.45, 7) is 3.37. The van der Waals surface area contributed by atoms with Crippen LogP contribution in [0.2, 0.25) is 0 Å². The second kappa shape index (κ2) is 5.06. The highest BCUT2D eigenvalue weighted by Crippen LogP contribution is 2.29. The zero-order valence-corrected chi connectivity index (χ0v) is 11.2. The first-order chi connectivity index (χ1) is 8.13. The zero-order valence-electron chi connectivity index (χ0n) is 9.61. The lowest BCUT2D eigenvalue weighted by Crippen LogP contribution is -2.54. The topological polar surface area (TPSA) is 52.6 Å². The van der Waals surface area contributed by atoms with Gasteiger partial charge in [0, 0.05) is 17.6 Å². The van der Waals surface area contributed by atoms with Crippen LogP contribution < -0.4 is 10.2 Å². The molecule has 0 aliphatic carbocycles. The van der Waals surface area contributed by atoms with Gasteiger partial charge in [-0.2, -0.15) is 0 Å². The van der Waals surface area contributed by atoms with Gasteiger partial charge in [0.05, 0.1) is 12.3 Å². The number of nitrogens with zero attached hydrogens (tertiary/aromatic N) is 1. The maximum atomic E-state index is 11.6. The van der Waals surface area contributed by atoms with E-state index in [1.807, 2.05) is 25.1 Å². The Kier molecular flexibility index (Phi) is 3.69. The highest BCUT2D eigenvalue weighted by Gasteiger charge is 2.26. The minimum atomic E-state index is -0.167. The SMILES string of the molecule is CC1C(=O)NCCN1c1ccc(CO)cc1Br. The molecule has 0 saturated carbocycles. The summed E-state index contributed by atoms with van der Waals surface area (Å²) in [4.78, 5) is 13.7. The van der Waals surface area contributed by atoms with E-state index in [9.17, 15) is 4.79 Å². The van der Waals surface area contributed by atoms with Gasteiger partial charge in [0.1, 0.15) is 6.04 Å². The van der Waals surface area contributed by atoms with Crippen molar-refractivity contribution in [1.82, 2.24) is 5.32 Å². The third kappa shape index (κ3) is 2.45. The zero-order chi connectivity index (χ0) is 12.4. The Morgan fingerprint density at radius 3 is 3.00 bits per heavy atom. The van der Waals surface area contributed by atoms with Crippen LogP contribution in [0.25, 0.3) is 0 Å². The molecule has 1 aromatic rings. The molecule has 0 aromatic heterocycles. The number of amides is 1. The van der Waals surface area contributed by atoms with E-state index < -0.39 is 0 Å². The Bertz CT molecular complexity index is 437. The summed E-state index contributed by atoms with van der Waals surface area (Å²) in [6, 6.07) is 5.53. The van der Waals surface area contributed by atoms with Crippen LogP contribution in [-0.2, 0) is 11.4 Å². The van der Waals surface area contributed by atoms with E-state index in [1.165, 1.54) is 0 Å². The van der Waals surface area contributed by atoms with Gasteiger partial charge in [0.2, 0.25) is 5.91 Å². The largest absolute Gasteiger partial charge is 0.392 e. The normalized spacial score (nSPS) is 20.3. The molecule has 1 unspecified atom stereocenters. The van der Waals surface area contributed by atoms with Crippen LogP contribution >= 0.6 is 15.9 Å². The molecule has 92 valence electrons. The van der Waals surface area contributed by atoms with E-state index in [4.69, 9.17) is 5.11 Å². The first-order valence-corrected chi connectivity index (χ1v) is 6.36. The minimum absolute atomic E-state index is 0.0227. The fourth-order valence-corrected chi connectivity index (χ4v) is 2.65. The average Bonchev–Trinajstić information content (AvgIpc) is 2.33. The fourth-order valence-electron chi connectivity index (χ4n) is 1.99. The molecule has 1 saturated heterocycles. The lowest BCUT2D eigenvalue weighted by molar-refractivity contribution is -0.122. The van der Waals surface area contributed by atoms with Gasteiger partial charge in [-0.1, -0.05) is 6.07 Å². The predicted octanol–water partition coefficient (Wildman–Crippen LogP) is 1.27. The number of carbonyl (C=O) groups excluding carboxylic acids is 1. The van der Waals surface area contributed by atoms with E-state index >= 15 is 0 Å². The summed E-state index contributed by atoms with van der Waals surface area (Å²) in [5.41, 5.74) is 1.85. The molecule has 1 aromatic carbocycles. The van der Waals surface area contributed by atoms with Crippen molar-refractivity contribution in [2.24, 2.45) is 0 Å². The van der Waals surface area contributed by atoms with Gasteiger partial charge in [-0.05, 0) is 40.5 Å². The molecular weight excluding hydrogens is 284 g/mol. The van der Waals surface area contributed by atoms with Crippen molar-refractivity contribution in [3.8, 4) is 0 Å². The first kappa shape index (κ1) is 12.4. The number of nitrogens with one attached hydrogen (secondary N) is 1. The van der Waals surface area contributed by atoms with Crippen molar-refractivity contribution >= 4 is 27.5 Å². The lowest BCUT2D eigenvalue weighted by Gasteiger charge is -2.35. The molecule has 1 heterocycles. The quantitative estimate of drug-likeness (QED) is 0.864. The summed E-state index contributed by atoms with van der Waals surface area (Å²) >= 11 is 3.49. The number of aliphatic hydroxyl groups excluding tert-OH is 1. The minimum Gasteiger partial charge on any atom is -0.392 e. The number of hydrogen-bond donors (Lipinski definition) is 2. The van der Waals surface area contributed by atoms with Gasteiger partial charge in [0.15, 0.2) is 0 Å². The van der Waals surface area contributed by atoms with Crippen LogP contribution in [0.1, 0.15) is 12.5 Å². The first-order valence-electron chi connectivity index (χ1n) is 5.57. The Morgan fingerprint density at radius 1 is 1.59 bits per heavy atom. The summed E-state index contributed by atoms with van der Waals surface area (Å²) in [6.07, 6.45) is 0. The van der Waals surface area contributed by atoms with Crippen LogP contribution in [0.3, 0.4) is 0 Å². The van der Waals surface area contributed by atoms with Crippen LogP contribution in [0.15, 0.2) is 22.7 Å². The van der Waals surface area contributed by atoms with Crippen molar-refractivity contribution in [3.63, 3.8) is 0 Å². The summed E-state index contributed by atoms with van der Waals surface area (Å²) < 4.78 is 0.908. The number of hydrogen-bond acceptors (Lipinski definition) is 3. The van der Waals surface area contributed by atoms with E-state index in [1.54, 1.807) is 0 Å². The number of aliphatic hydroxyl groups is 1. The highest BCUT2D eigenvalue weighted by atomic mass is 79.9. The molecule has 2 rings (SSSR count). The van der Waals surface area contributed by atoms with Crippen molar-refractivity contribution in [3.05, 3.63) is 28.2 Å². The van der Waals surface area contributed by atoms with Gasteiger partial charge in [-0.15, -0.1) is 0 Å². The number of benzene rings is 1. The average molecular weight is 299 g/mol. The molecule has 1 amide bonds. The van der Waals surface area contributed by atoms with Crippen molar-refractivity contribution in [2.75, 3.05) is 18.0 Å². The Balaban J connectivity index is 2.30. The molecule has 1 atom stereocenters. The Hall–Kier alpha value is -1.07. The predicted molar refractivity (Wildman–Crippen MR) is 69.9 cm³/mol. The smallest absolute Gasteiger partial charge is 0.242 e. The fraction of sp³-hybridized carbons (Fsp3) is 0.417. The molecule has 2 N–H and O–H groups in total. The highest BCUT2D eigenvalue weighted by molar-refractivity contribution is 9.10. The molecule has 1 aliphatic heterocycles.